The molecule has 6 rings (SSSR count). The van der Waals surface area contributed by atoms with E-state index in [0.717, 1.165) is 49.2 Å². The number of carbonyl (C=O) groups is 1. The molecule has 0 spiro atoms. The van der Waals surface area contributed by atoms with Crippen LogP contribution in [-0.2, 0) is 6.42 Å². The van der Waals surface area contributed by atoms with Crippen molar-refractivity contribution >= 4 is 6.09 Å². The Hall–Kier alpha value is -2.60. The molecule has 0 aromatic heterocycles. The maximum Gasteiger partial charge on any atom is 0.137 e. The molecular weight excluding hydrogens is 431 g/mol. The summed E-state index contributed by atoms with van der Waals surface area (Å²) in [6, 6.07) is 10.5. The molecule has 182 valence electrons. The van der Waals surface area contributed by atoms with Crippen LogP contribution in [0.3, 0.4) is 0 Å². The van der Waals surface area contributed by atoms with Crippen molar-refractivity contribution in [3.63, 3.8) is 0 Å². The van der Waals surface area contributed by atoms with Gasteiger partial charge in [-0.25, -0.2) is 4.39 Å². The maximum atomic E-state index is 15.6. The lowest BCUT2D eigenvalue weighted by atomic mass is 9.79. The summed E-state index contributed by atoms with van der Waals surface area (Å²) < 4.78 is 21.4. The lowest BCUT2D eigenvalue weighted by Crippen LogP contribution is -2.62. The Balaban J connectivity index is 1.53. The average molecular weight is 466 g/mol. The second kappa shape index (κ2) is 8.56. The number of carboxylic acid groups (broad SMARTS) is 1. The molecule has 0 radical (unpaired) electrons. The summed E-state index contributed by atoms with van der Waals surface area (Å²) in [6.07, 6.45) is 1.59. The molecular formula is C28H34FN2O3-. The van der Waals surface area contributed by atoms with Gasteiger partial charge in [0.05, 0.1) is 12.1 Å². The zero-order chi connectivity index (χ0) is 24.2. The van der Waals surface area contributed by atoms with E-state index in [9.17, 15) is 9.90 Å². The van der Waals surface area contributed by atoms with Crippen LogP contribution in [0.4, 0.5) is 9.18 Å². The van der Waals surface area contributed by atoms with E-state index >= 15 is 4.39 Å². The van der Waals surface area contributed by atoms with Gasteiger partial charge in [0.15, 0.2) is 0 Å². The van der Waals surface area contributed by atoms with E-state index in [1.165, 1.54) is 0 Å². The standard InChI is InChI=1S/C28H35FN2O3/c1-17(2)34-21-7-5-6-19(12-21)22-13-20-15-28(3,4)26(23(20)14-24(22)29)31(27(32)33)25-16-30-10-8-18(25)9-11-30/h5-7,12-14,17-18,25-26H,8-11,15-16H2,1-4H3,(H,32,33)/p-1/t25-,26+/m1/s1. The summed E-state index contributed by atoms with van der Waals surface area (Å²) >= 11 is 0. The molecule has 1 aliphatic carbocycles. The van der Waals surface area contributed by atoms with Crippen LogP contribution in [0.2, 0.25) is 0 Å². The topological polar surface area (TPSA) is 55.8 Å². The lowest BCUT2D eigenvalue weighted by molar-refractivity contribution is -0.276. The molecule has 0 unspecified atom stereocenters. The summed E-state index contributed by atoms with van der Waals surface area (Å²) in [4.78, 5) is 16.5. The zero-order valence-electron chi connectivity index (χ0n) is 20.5. The van der Waals surface area contributed by atoms with Crippen molar-refractivity contribution < 1.29 is 19.0 Å². The smallest absolute Gasteiger partial charge is 0.137 e. The fourth-order valence-corrected chi connectivity index (χ4v) is 6.49. The van der Waals surface area contributed by atoms with Crippen LogP contribution in [0, 0.1) is 17.2 Å². The van der Waals surface area contributed by atoms with Crippen molar-refractivity contribution in [1.29, 1.82) is 0 Å². The highest BCUT2D eigenvalue weighted by Crippen LogP contribution is 2.52. The van der Waals surface area contributed by atoms with Crippen molar-refractivity contribution in [2.24, 2.45) is 11.3 Å². The number of benzene rings is 2. The number of nitrogens with zero attached hydrogens (tertiary/aromatic N) is 2. The Morgan fingerprint density at radius 1 is 1.21 bits per heavy atom. The van der Waals surface area contributed by atoms with Gasteiger partial charge in [-0.2, -0.15) is 0 Å². The van der Waals surface area contributed by atoms with Crippen molar-refractivity contribution in [2.45, 2.75) is 65.1 Å². The minimum atomic E-state index is -1.15. The van der Waals surface area contributed by atoms with Crippen molar-refractivity contribution in [3.05, 3.63) is 53.3 Å². The molecule has 3 fully saturated rings. The highest BCUT2D eigenvalue weighted by atomic mass is 19.1. The highest BCUT2D eigenvalue weighted by Gasteiger charge is 2.48. The van der Waals surface area contributed by atoms with Crippen LogP contribution < -0.4 is 9.84 Å². The predicted molar refractivity (Wildman–Crippen MR) is 128 cm³/mol. The van der Waals surface area contributed by atoms with Crippen molar-refractivity contribution in [2.75, 3.05) is 19.6 Å². The fraction of sp³-hybridized carbons (Fsp3) is 0.536. The first kappa shape index (κ1) is 23.2. The minimum absolute atomic E-state index is 0.0312. The Morgan fingerprint density at radius 2 is 1.94 bits per heavy atom. The van der Waals surface area contributed by atoms with Crippen LogP contribution in [0.25, 0.3) is 11.1 Å². The molecule has 3 saturated heterocycles. The maximum absolute atomic E-state index is 15.6. The Morgan fingerprint density at radius 3 is 2.56 bits per heavy atom. The molecule has 34 heavy (non-hydrogen) atoms. The van der Waals surface area contributed by atoms with Crippen LogP contribution in [0.15, 0.2) is 36.4 Å². The molecule has 2 aromatic carbocycles. The number of piperidine rings is 3. The summed E-state index contributed by atoms with van der Waals surface area (Å²) in [7, 11) is 0. The van der Waals surface area contributed by atoms with Crippen molar-refractivity contribution in [1.82, 2.24) is 9.80 Å². The minimum Gasteiger partial charge on any atom is -0.530 e. The number of halogens is 1. The number of amides is 1. The van der Waals surface area contributed by atoms with Gasteiger partial charge in [0.1, 0.15) is 17.7 Å². The molecule has 1 amide bonds. The highest BCUT2D eigenvalue weighted by molar-refractivity contribution is 5.69. The molecule has 0 N–H and O–H groups in total. The first-order valence-electron chi connectivity index (χ1n) is 12.4. The van der Waals surface area contributed by atoms with Crippen LogP contribution in [0.5, 0.6) is 5.75 Å². The summed E-state index contributed by atoms with van der Waals surface area (Å²) in [6.45, 7) is 10.9. The summed E-state index contributed by atoms with van der Waals surface area (Å²) in [5, 5.41) is 12.5. The number of hydrogen-bond donors (Lipinski definition) is 0. The monoisotopic (exact) mass is 465 g/mol. The molecule has 3 heterocycles. The van der Waals surface area contributed by atoms with E-state index in [4.69, 9.17) is 4.74 Å². The van der Waals surface area contributed by atoms with Gasteiger partial charge in [-0.15, -0.1) is 0 Å². The van der Waals surface area contributed by atoms with E-state index in [1.807, 2.05) is 44.2 Å². The van der Waals surface area contributed by atoms with Gasteiger partial charge < -0.3 is 24.4 Å². The number of rotatable bonds is 5. The van der Waals surface area contributed by atoms with Crippen molar-refractivity contribution in [3.8, 4) is 16.9 Å². The Kier molecular flexibility index (Phi) is 5.83. The zero-order valence-corrected chi connectivity index (χ0v) is 20.5. The second-order valence-corrected chi connectivity index (χ2v) is 11.2. The summed E-state index contributed by atoms with van der Waals surface area (Å²) in [5.74, 6) is 0.710. The van der Waals surface area contributed by atoms with Gasteiger partial charge in [-0.1, -0.05) is 26.0 Å². The predicted octanol–water partition coefficient (Wildman–Crippen LogP) is 4.64. The second-order valence-electron chi connectivity index (χ2n) is 11.2. The molecule has 6 heteroatoms. The van der Waals surface area contributed by atoms with E-state index in [0.29, 0.717) is 23.7 Å². The Bertz CT molecular complexity index is 1090. The van der Waals surface area contributed by atoms with E-state index < -0.39 is 12.1 Å². The molecule has 5 nitrogen and oxygen atoms in total. The number of ether oxygens (including phenoxy) is 1. The van der Waals surface area contributed by atoms with E-state index in [1.54, 1.807) is 11.0 Å². The first-order chi connectivity index (χ1) is 16.1. The van der Waals surface area contributed by atoms with E-state index in [2.05, 4.69) is 18.7 Å². The lowest BCUT2D eigenvalue weighted by Gasteiger charge is -2.53. The third-order valence-electron chi connectivity index (χ3n) is 7.89. The first-order valence-corrected chi connectivity index (χ1v) is 12.4. The number of hydrogen-bond acceptors (Lipinski definition) is 4. The van der Waals surface area contributed by atoms with Gasteiger partial charge in [-0.3, -0.25) is 0 Å². The average Bonchev–Trinajstić information content (AvgIpc) is 3.03. The number of fused-ring (bicyclic) bond motifs is 4. The van der Waals surface area contributed by atoms with Gasteiger partial charge in [0.25, 0.3) is 0 Å². The normalized spacial score (nSPS) is 27.0. The van der Waals surface area contributed by atoms with Gasteiger partial charge in [-0.05, 0) is 98.5 Å². The molecule has 0 saturated carbocycles. The molecule has 2 atom stereocenters. The third-order valence-corrected chi connectivity index (χ3v) is 7.89. The molecule has 2 aromatic rings. The van der Waals surface area contributed by atoms with Crippen LogP contribution >= 0.6 is 0 Å². The number of carbonyl (C=O) groups excluding carboxylic acids is 1. The van der Waals surface area contributed by atoms with Crippen LogP contribution in [0.1, 0.15) is 57.7 Å². The fourth-order valence-electron chi connectivity index (χ4n) is 6.49. The quantitative estimate of drug-likeness (QED) is 0.645. The summed E-state index contributed by atoms with van der Waals surface area (Å²) in [5.41, 5.74) is 2.71. The Labute approximate surface area is 201 Å². The molecule has 2 bridgehead atoms. The van der Waals surface area contributed by atoms with Gasteiger partial charge in [0, 0.05) is 18.2 Å². The van der Waals surface area contributed by atoms with Crippen LogP contribution in [-0.4, -0.2) is 47.7 Å². The van der Waals surface area contributed by atoms with Gasteiger partial charge >= 0.3 is 0 Å². The third kappa shape index (κ3) is 4.06. The SMILES string of the molecule is CC(C)Oc1cccc(-c2cc3c(cc2F)[C@H](N(C(=O)[O-])[C@@H]2CN4CCC2CC4)C(C)(C)C3)c1. The largest absolute Gasteiger partial charge is 0.530 e. The van der Waals surface area contributed by atoms with E-state index in [-0.39, 0.29) is 23.4 Å². The molecule has 3 aliphatic heterocycles. The molecule has 4 aliphatic rings. The van der Waals surface area contributed by atoms with Gasteiger partial charge in [0.2, 0.25) is 0 Å².